The summed E-state index contributed by atoms with van der Waals surface area (Å²) in [5, 5.41) is 9.50. The largest absolute Gasteiger partial charge is 0.457 e. The molecule has 4 aromatic rings. The number of esters is 2. The molecule has 0 aliphatic rings. The number of rotatable bonds is 14. The Morgan fingerprint density at radius 3 is 1.28 bits per heavy atom. The zero-order valence-electron chi connectivity index (χ0n) is 23.6. The van der Waals surface area contributed by atoms with Crippen molar-refractivity contribution in [2.75, 3.05) is 29.5 Å². The number of benzene rings is 3. The molecular weight excluding hydrogens is 552 g/mol. The van der Waals surface area contributed by atoms with Crippen molar-refractivity contribution in [1.82, 2.24) is 15.0 Å². The molecule has 220 valence electrons. The van der Waals surface area contributed by atoms with Crippen LogP contribution >= 0.6 is 0 Å². The maximum absolute atomic E-state index is 11.5. The van der Waals surface area contributed by atoms with Crippen LogP contribution in [0.1, 0.15) is 13.8 Å². The molecule has 0 saturated heterocycles. The van der Waals surface area contributed by atoms with Crippen LogP contribution in [0.2, 0.25) is 0 Å². The molecule has 4 rings (SSSR count). The lowest BCUT2D eigenvalue weighted by atomic mass is 10.3. The van der Waals surface area contributed by atoms with Crippen LogP contribution < -0.4 is 25.4 Å². The van der Waals surface area contributed by atoms with Gasteiger partial charge in [-0.25, -0.2) is 9.59 Å². The van der Waals surface area contributed by atoms with Gasteiger partial charge in [-0.3, -0.25) is 0 Å². The zero-order chi connectivity index (χ0) is 30.6. The normalized spacial score (nSPS) is 10.2. The van der Waals surface area contributed by atoms with Crippen molar-refractivity contribution in [3.8, 4) is 11.5 Å². The number of carbonyl (C=O) groups is 2. The van der Waals surface area contributed by atoms with E-state index in [0.29, 0.717) is 40.0 Å². The van der Waals surface area contributed by atoms with Gasteiger partial charge in [0.05, 0.1) is 0 Å². The number of nitrogens with zero attached hydrogens (tertiary/aromatic N) is 3. The van der Waals surface area contributed by atoms with Crippen LogP contribution in [0.15, 0.2) is 103 Å². The Labute approximate surface area is 248 Å². The lowest BCUT2D eigenvalue weighted by Gasteiger charge is -2.12. The van der Waals surface area contributed by atoms with Crippen molar-refractivity contribution in [3.05, 3.63) is 103 Å². The Balaban J connectivity index is 1.44. The molecule has 12 heteroatoms. The Hall–Kier alpha value is -5.91. The van der Waals surface area contributed by atoms with Crippen LogP contribution in [0.3, 0.4) is 0 Å². The van der Waals surface area contributed by atoms with Gasteiger partial charge in [-0.1, -0.05) is 31.4 Å². The molecule has 0 unspecified atom stereocenters. The number of ether oxygens (including phenoxy) is 4. The predicted octanol–water partition coefficient (Wildman–Crippen LogP) is 6.01. The first-order valence-electron chi connectivity index (χ1n) is 13.0. The minimum Gasteiger partial charge on any atom is -0.457 e. The zero-order valence-corrected chi connectivity index (χ0v) is 23.6. The SMILES string of the molecule is C=C(C)C(=O)OCOc1ccc(Nc2nc(Nc3ccccc3)nc(Nc3ccc(OCOC(=O)C(=C)C)cc3)n2)cc1. The number of hydrogen-bond donors (Lipinski definition) is 3. The molecule has 0 aliphatic heterocycles. The Morgan fingerprint density at radius 2 is 0.930 bits per heavy atom. The molecule has 43 heavy (non-hydrogen) atoms. The van der Waals surface area contributed by atoms with Gasteiger partial charge in [0.15, 0.2) is 0 Å². The number of para-hydroxylation sites is 1. The third kappa shape index (κ3) is 9.60. The molecule has 0 atom stereocenters. The van der Waals surface area contributed by atoms with E-state index in [2.05, 4.69) is 44.1 Å². The summed E-state index contributed by atoms with van der Waals surface area (Å²) in [6.07, 6.45) is 0. The highest BCUT2D eigenvalue weighted by Crippen LogP contribution is 2.23. The van der Waals surface area contributed by atoms with Crippen molar-refractivity contribution >= 4 is 46.8 Å². The van der Waals surface area contributed by atoms with E-state index in [1.54, 1.807) is 62.4 Å². The fourth-order valence-electron chi connectivity index (χ4n) is 3.27. The predicted molar refractivity (Wildman–Crippen MR) is 162 cm³/mol. The summed E-state index contributed by atoms with van der Waals surface area (Å²) in [6, 6.07) is 23.4. The first-order valence-corrected chi connectivity index (χ1v) is 13.0. The fourth-order valence-corrected chi connectivity index (χ4v) is 3.27. The molecule has 3 aromatic carbocycles. The van der Waals surface area contributed by atoms with Crippen molar-refractivity contribution in [3.63, 3.8) is 0 Å². The topological polar surface area (TPSA) is 146 Å². The van der Waals surface area contributed by atoms with Gasteiger partial charge in [-0.05, 0) is 74.5 Å². The monoisotopic (exact) mass is 582 g/mol. The summed E-state index contributed by atoms with van der Waals surface area (Å²) in [5.41, 5.74) is 2.75. The third-order valence-electron chi connectivity index (χ3n) is 5.41. The molecule has 0 radical (unpaired) electrons. The van der Waals surface area contributed by atoms with Crippen LogP contribution in [0, 0.1) is 0 Å². The highest BCUT2D eigenvalue weighted by Gasteiger charge is 2.10. The summed E-state index contributed by atoms with van der Waals surface area (Å²) in [4.78, 5) is 36.5. The second kappa shape index (κ2) is 14.6. The van der Waals surface area contributed by atoms with Gasteiger partial charge in [0, 0.05) is 28.2 Å². The summed E-state index contributed by atoms with van der Waals surface area (Å²) in [6.45, 7) is 9.72. The molecule has 0 spiro atoms. The minimum absolute atomic E-state index is 0.231. The molecule has 12 nitrogen and oxygen atoms in total. The molecule has 1 aromatic heterocycles. The summed E-state index contributed by atoms with van der Waals surface area (Å²) >= 11 is 0. The van der Waals surface area contributed by atoms with Crippen molar-refractivity contribution in [2.24, 2.45) is 0 Å². The van der Waals surface area contributed by atoms with E-state index in [1.807, 2.05) is 30.3 Å². The van der Waals surface area contributed by atoms with E-state index < -0.39 is 11.9 Å². The number of nitrogens with one attached hydrogen (secondary N) is 3. The van der Waals surface area contributed by atoms with Gasteiger partial charge < -0.3 is 34.9 Å². The number of hydrogen-bond acceptors (Lipinski definition) is 12. The van der Waals surface area contributed by atoms with Gasteiger partial charge in [0.25, 0.3) is 0 Å². The standard InChI is InChI=1S/C31H30N6O6/c1-20(2)27(38)42-18-40-25-14-10-23(11-15-25)33-30-35-29(32-22-8-6-5-7-9-22)36-31(37-30)34-24-12-16-26(17-13-24)41-19-43-28(39)21(3)4/h5-17H,1,3,18-19H2,2,4H3,(H3,32,33,34,35,36,37). The van der Waals surface area contributed by atoms with E-state index in [1.165, 1.54) is 0 Å². The first kappa shape index (κ1) is 30.1. The molecule has 3 N–H and O–H groups in total. The van der Waals surface area contributed by atoms with E-state index in [9.17, 15) is 9.59 Å². The van der Waals surface area contributed by atoms with Crippen LogP contribution in [0.4, 0.5) is 34.9 Å². The average molecular weight is 583 g/mol. The average Bonchev–Trinajstić information content (AvgIpc) is 2.99. The Kier molecular flexibility index (Phi) is 10.2. The third-order valence-corrected chi connectivity index (χ3v) is 5.41. The van der Waals surface area contributed by atoms with Crippen LogP contribution in [0.5, 0.6) is 11.5 Å². The second-order valence-corrected chi connectivity index (χ2v) is 9.04. The number of aromatic nitrogens is 3. The maximum Gasteiger partial charge on any atom is 0.335 e. The molecule has 0 fully saturated rings. The smallest absolute Gasteiger partial charge is 0.335 e. The van der Waals surface area contributed by atoms with Crippen LogP contribution in [-0.4, -0.2) is 40.5 Å². The lowest BCUT2D eigenvalue weighted by molar-refractivity contribution is -0.146. The van der Waals surface area contributed by atoms with Gasteiger partial charge >= 0.3 is 11.9 Å². The van der Waals surface area contributed by atoms with E-state index in [4.69, 9.17) is 18.9 Å². The van der Waals surface area contributed by atoms with Crippen molar-refractivity contribution in [2.45, 2.75) is 13.8 Å². The van der Waals surface area contributed by atoms with E-state index >= 15 is 0 Å². The quantitative estimate of drug-likeness (QED) is 0.0908. The van der Waals surface area contributed by atoms with Crippen LogP contribution in [-0.2, 0) is 19.1 Å². The highest BCUT2D eigenvalue weighted by atomic mass is 16.7. The van der Waals surface area contributed by atoms with Gasteiger partial charge in [-0.15, -0.1) is 0 Å². The molecular formula is C31H30N6O6. The summed E-state index contributed by atoms with van der Waals surface area (Å²) in [5.74, 6) is 0.826. The van der Waals surface area contributed by atoms with Crippen molar-refractivity contribution < 1.29 is 28.5 Å². The molecule has 0 amide bonds. The first-order chi connectivity index (χ1) is 20.7. The molecule has 1 heterocycles. The van der Waals surface area contributed by atoms with E-state index in [0.717, 1.165) is 5.69 Å². The van der Waals surface area contributed by atoms with Crippen LogP contribution in [0.25, 0.3) is 0 Å². The minimum atomic E-state index is -0.525. The lowest BCUT2D eigenvalue weighted by Crippen LogP contribution is -2.10. The molecule has 0 bridgehead atoms. The van der Waals surface area contributed by atoms with Gasteiger partial charge in [0.1, 0.15) is 11.5 Å². The molecule has 0 aliphatic carbocycles. The van der Waals surface area contributed by atoms with Gasteiger partial charge in [-0.2, -0.15) is 15.0 Å². The fraction of sp³-hybridized carbons (Fsp3) is 0.129. The highest BCUT2D eigenvalue weighted by molar-refractivity contribution is 5.87. The second-order valence-electron chi connectivity index (χ2n) is 9.04. The maximum atomic E-state index is 11.5. The van der Waals surface area contributed by atoms with E-state index in [-0.39, 0.29) is 25.5 Å². The Morgan fingerprint density at radius 1 is 0.581 bits per heavy atom. The Bertz CT molecular complexity index is 1480. The van der Waals surface area contributed by atoms with Gasteiger partial charge in [0.2, 0.25) is 31.4 Å². The summed E-state index contributed by atoms with van der Waals surface area (Å²) in [7, 11) is 0. The summed E-state index contributed by atoms with van der Waals surface area (Å²) < 4.78 is 20.8. The number of anilines is 6. The van der Waals surface area contributed by atoms with Crippen molar-refractivity contribution in [1.29, 1.82) is 0 Å². The molecule has 0 saturated carbocycles. The number of carbonyl (C=O) groups excluding carboxylic acids is 2.